The lowest BCUT2D eigenvalue weighted by Crippen LogP contribution is -2.64. The van der Waals surface area contributed by atoms with Crippen LogP contribution in [-0.4, -0.2) is 43.6 Å². The molecule has 0 saturated carbocycles. The normalized spacial score (nSPS) is 18.5. The maximum absolute atomic E-state index is 13.7. The molecule has 1 fully saturated rings. The summed E-state index contributed by atoms with van der Waals surface area (Å²) in [5, 5.41) is 1.68. The molecule has 1 aliphatic rings. The van der Waals surface area contributed by atoms with Crippen molar-refractivity contribution < 1.29 is 37.0 Å². The Bertz CT molecular complexity index is 619. The molecule has 0 bridgehead atoms. The minimum absolute atomic E-state index is 0.0260. The third-order valence-corrected chi connectivity index (χ3v) is 4.03. The highest BCUT2D eigenvalue weighted by atomic mass is 19.4. The van der Waals surface area contributed by atoms with E-state index in [9.17, 15) is 22.8 Å². The first-order valence-corrected chi connectivity index (χ1v) is 8.04. The number of carbonyl (C=O) groups excluding carboxylic acids is 2. The number of alkyl halides is 3. The highest BCUT2D eigenvalue weighted by Gasteiger charge is 2.62. The van der Waals surface area contributed by atoms with Gasteiger partial charge in [0.1, 0.15) is 6.61 Å². The van der Waals surface area contributed by atoms with Gasteiger partial charge in [0.05, 0.1) is 19.8 Å². The number of amides is 1. The van der Waals surface area contributed by atoms with Crippen LogP contribution >= 0.6 is 0 Å². The molecule has 144 valence electrons. The lowest BCUT2D eigenvalue weighted by atomic mass is 9.91. The molecule has 6 nitrogen and oxygen atoms in total. The maximum Gasteiger partial charge on any atom is 0.422 e. The van der Waals surface area contributed by atoms with Crippen LogP contribution in [0.25, 0.3) is 0 Å². The Labute approximate surface area is 148 Å². The standard InChI is InChI=1S/C17H20F3NO5/c1-24-14(22)16(17(18,19)20,9-5-8-13-11-25-13)21-15(23)26-10-12-6-3-2-4-7-12/h2-4,6-7,13H,5,8-11H2,1H3,(H,21,23). The molecule has 0 radical (unpaired) electrons. The Hall–Kier alpha value is -2.29. The number of hydrogen-bond acceptors (Lipinski definition) is 5. The second kappa shape index (κ2) is 8.39. The number of alkyl carbamates (subject to hydrolysis) is 1. The highest BCUT2D eigenvalue weighted by Crippen LogP contribution is 2.36. The van der Waals surface area contributed by atoms with Crippen LogP contribution in [0, 0.1) is 0 Å². The summed E-state index contributed by atoms with van der Waals surface area (Å²) in [6.07, 6.45) is -6.77. The van der Waals surface area contributed by atoms with Gasteiger partial charge in [0.15, 0.2) is 0 Å². The Morgan fingerprint density at radius 2 is 1.92 bits per heavy atom. The van der Waals surface area contributed by atoms with Gasteiger partial charge in [-0.2, -0.15) is 13.2 Å². The van der Waals surface area contributed by atoms with E-state index in [0.717, 1.165) is 7.11 Å². The fourth-order valence-corrected chi connectivity index (χ4v) is 2.48. The summed E-state index contributed by atoms with van der Waals surface area (Å²) in [6.45, 7) is 0.265. The monoisotopic (exact) mass is 375 g/mol. The number of hydrogen-bond donors (Lipinski definition) is 1. The second-order valence-corrected chi connectivity index (χ2v) is 5.93. The van der Waals surface area contributed by atoms with E-state index in [2.05, 4.69) is 4.74 Å². The Balaban J connectivity index is 2.07. The van der Waals surface area contributed by atoms with E-state index in [4.69, 9.17) is 9.47 Å². The van der Waals surface area contributed by atoms with Crippen molar-refractivity contribution in [2.45, 2.75) is 43.7 Å². The number of benzene rings is 1. The Morgan fingerprint density at radius 3 is 2.46 bits per heavy atom. The van der Waals surface area contributed by atoms with Gasteiger partial charge in [-0.3, -0.25) is 5.32 Å². The minimum atomic E-state index is -5.05. The van der Waals surface area contributed by atoms with E-state index >= 15 is 0 Å². The van der Waals surface area contributed by atoms with E-state index in [-0.39, 0.29) is 19.1 Å². The van der Waals surface area contributed by atoms with Gasteiger partial charge in [0.25, 0.3) is 0 Å². The summed E-state index contributed by atoms with van der Waals surface area (Å²) < 4.78 is 55.1. The molecule has 0 spiro atoms. The molecule has 2 unspecified atom stereocenters. The zero-order chi connectivity index (χ0) is 19.2. The lowest BCUT2D eigenvalue weighted by molar-refractivity contribution is -0.212. The molecule has 9 heteroatoms. The average Bonchev–Trinajstić information content (AvgIpc) is 3.42. The first-order chi connectivity index (χ1) is 12.3. The van der Waals surface area contributed by atoms with Gasteiger partial charge in [-0.05, 0) is 24.8 Å². The number of rotatable bonds is 8. The molecule has 0 aliphatic carbocycles. The molecule has 2 rings (SSSR count). The van der Waals surface area contributed by atoms with Crippen molar-refractivity contribution >= 4 is 12.1 Å². The molecular formula is C17H20F3NO5. The quantitative estimate of drug-likeness (QED) is 0.558. The van der Waals surface area contributed by atoms with Crippen LogP contribution < -0.4 is 5.32 Å². The van der Waals surface area contributed by atoms with Crippen molar-refractivity contribution in [3.8, 4) is 0 Å². The third-order valence-electron chi connectivity index (χ3n) is 4.03. The zero-order valence-electron chi connectivity index (χ0n) is 14.2. The van der Waals surface area contributed by atoms with Crippen LogP contribution in [0.1, 0.15) is 24.8 Å². The lowest BCUT2D eigenvalue weighted by Gasteiger charge is -2.33. The van der Waals surface area contributed by atoms with E-state index in [1.54, 1.807) is 35.6 Å². The molecule has 1 aromatic rings. The summed E-state index contributed by atoms with van der Waals surface area (Å²) in [5.41, 5.74) is -2.56. The molecule has 1 heterocycles. The molecule has 1 saturated heterocycles. The number of carbonyl (C=O) groups is 2. The Morgan fingerprint density at radius 1 is 1.27 bits per heavy atom. The van der Waals surface area contributed by atoms with Gasteiger partial charge in [0.2, 0.25) is 5.54 Å². The van der Waals surface area contributed by atoms with Gasteiger partial charge in [-0.1, -0.05) is 30.3 Å². The first kappa shape index (κ1) is 20.0. The summed E-state index contributed by atoms with van der Waals surface area (Å²) >= 11 is 0. The van der Waals surface area contributed by atoms with Gasteiger partial charge in [-0.15, -0.1) is 0 Å². The molecule has 1 aromatic carbocycles. The molecule has 1 aliphatic heterocycles. The highest BCUT2D eigenvalue weighted by molar-refractivity contribution is 5.86. The van der Waals surface area contributed by atoms with Crippen LogP contribution in [0.15, 0.2) is 30.3 Å². The van der Waals surface area contributed by atoms with Crippen molar-refractivity contribution in [2.24, 2.45) is 0 Å². The summed E-state index contributed by atoms with van der Waals surface area (Å²) in [6, 6.07) is 8.45. The fourth-order valence-electron chi connectivity index (χ4n) is 2.48. The summed E-state index contributed by atoms with van der Waals surface area (Å²) in [5.74, 6) is -1.58. The van der Waals surface area contributed by atoms with Crippen molar-refractivity contribution in [3.63, 3.8) is 0 Å². The van der Waals surface area contributed by atoms with Gasteiger partial charge >= 0.3 is 18.2 Å². The van der Waals surface area contributed by atoms with Gasteiger partial charge in [0, 0.05) is 0 Å². The topological polar surface area (TPSA) is 77.2 Å². The number of esters is 1. The molecule has 0 aromatic heterocycles. The van der Waals surface area contributed by atoms with E-state index in [0.29, 0.717) is 18.6 Å². The van der Waals surface area contributed by atoms with Crippen molar-refractivity contribution in [1.82, 2.24) is 5.32 Å². The zero-order valence-corrected chi connectivity index (χ0v) is 14.2. The number of halogens is 3. The molecular weight excluding hydrogens is 355 g/mol. The second-order valence-electron chi connectivity index (χ2n) is 5.93. The maximum atomic E-state index is 13.7. The number of epoxide rings is 1. The van der Waals surface area contributed by atoms with E-state index in [1.807, 2.05) is 0 Å². The number of nitrogens with one attached hydrogen (secondary N) is 1. The fraction of sp³-hybridized carbons (Fsp3) is 0.529. The number of methoxy groups -OCH3 is 1. The summed E-state index contributed by atoms with van der Waals surface area (Å²) in [7, 11) is 0.837. The molecule has 1 amide bonds. The van der Waals surface area contributed by atoms with Crippen molar-refractivity contribution in [2.75, 3.05) is 13.7 Å². The number of ether oxygens (including phenoxy) is 3. The van der Waals surface area contributed by atoms with Crippen molar-refractivity contribution in [1.29, 1.82) is 0 Å². The van der Waals surface area contributed by atoms with E-state index in [1.165, 1.54) is 0 Å². The predicted octanol–water partition coefficient (Wildman–Crippen LogP) is 2.96. The predicted molar refractivity (Wildman–Crippen MR) is 84.2 cm³/mol. The van der Waals surface area contributed by atoms with Crippen LogP contribution in [0.5, 0.6) is 0 Å². The summed E-state index contributed by atoms with van der Waals surface area (Å²) in [4.78, 5) is 23.9. The van der Waals surface area contributed by atoms with Crippen LogP contribution in [0.3, 0.4) is 0 Å². The van der Waals surface area contributed by atoms with Crippen LogP contribution in [0.4, 0.5) is 18.0 Å². The molecule has 26 heavy (non-hydrogen) atoms. The third kappa shape index (κ3) is 5.10. The first-order valence-electron chi connectivity index (χ1n) is 8.04. The van der Waals surface area contributed by atoms with Crippen molar-refractivity contribution in [3.05, 3.63) is 35.9 Å². The van der Waals surface area contributed by atoms with E-state index < -0.39 is 30.2 Å². The molecule has 2 atom stereocenters. The Kier molecular flexibility index (Phi) is 6.47. The molecule has 1 N–H and O–H groups in total. The smallest absolute Gasteiger partial charge is 0.422 e. The van der Waals surface area contributed by atoms with Crippen LogP contribution in [-0.2, 0) is 25.6 Å². The van der Waals surface area contributed by atoms with Crippen LogP contribution in [0.2, 0.25) is 0 Å². The SMILES string of the molecule is COC(=O)C(CCCC1CO1)(NC(=O)OCc1ccccc1)C(F)(F)F. The largest absolute Gasteiger partial charge is 0.467 e. The van der Waals surface area contributed by atoms with Gasteiger partial charge in [-0.25, -0.2) is 9.59 Å². The average molecular weight is 375 g/mol. The minimum Gasteiger partial charge on any atom is -0.467 e. The van der Waals surface area contributed by atoms with Gasteiger partial charge < -0.3 is 14.2 Å².